The van der Waals surface area contributed by atoms with E-state index in [2.05, 4.69) is 32.4 Å². The van der Waals surface area contributed by atoms with Gasteiger partial charge in [-0.25, -0.2) is 17.9 Å². The van der Waals surface area contributed by atoms with Crippen molar-refractivity contribution in [1.82, 2.24) is 25.2 Å². The van der Waals surface area contributed by atoms with E-state index in [0.29, 0.717) is 17.4 Å². The van der Waals surface area contributed by atoms with Crippen molar-refractivity contribution in [3.05, 3.63) is 136 Å². The molecule has 2 aromatic heterocycles. The van der Waals surface area contributed by atoms with Gasteiger partial charge in [-0.2, -0.15) is 14.0 Å². The Kier molecular flexibility index (Phi) is 8.33. The highest BCUT2D eigenvalue weighted by Gasteiger charge is 2.58. The molecule has 3 aromatic carbocycles. The number of tetrazole rings is 1. The summed E-state index contributed by atoms with van der Waals surface area (Å²) in [6, 6.07) is 16.8. The maximum absolute atomic E-state index is 15.9. The van der Waals surface area contributed by atoms with Gasteiger partial charge in [0.2, 0.25) is 0 Å². The molecule has 0 aliphatic carbocycles. The lowest BCUT2D eigenvalue weighted by Gasteiger charge is -2.35. The molecule has 1 N–H and O–H groups in total. The van der Waals surface area contributed by atoms with Crippen LogP contribution in [0.15, 0.2) is 85.3 Å². The SMILES string of the molecule is N#Cc1cccc(COc2ccc(C#Cc3ccc(C(F)(F)C(O)(Cn4cnnn4)c4ccc(F)cc4F)nc3)cc2)c1F. The number of rotatable bonds is 8. The van der Waals surface area contributed by atoms with Gasteiger partial charge in [-0.3, -0.25) is 4.98 Å². The van der Waals surface area contributed by atoms with E-state index in [-0.39, 0.29) is 23.3 Å². The Morgan fingerprint density at radius 2 is 1.68 bits per heavy atom. The molecule has 0 aliphatic rings. The number of aliphatic hydroxyl groups is 1. The van der Waals surface area contributed by atoms with E-state index in [0.717, 1.165) is 35.4 Å². The molecular formula is C31H19F5N6O2. The van der Waals surface area contributed by atoms with Crippen LogP contribution in [0.25, 0.3) is 0 Å². The Bertz CT molecular complexity index is 1880. The minimum atomic E-state index is -4.20. The van der Waals surface area contributed by atoms with Gasteiger partial charge in [0.1, 0.15) is 47.9 Å². The third-order valence-corrected chi connectivity index (χ3v) is 6.56. The number of aromatic nitrogens is 5. The van der Waals surface area contributed by atoms with Gasteiger partial charge in [0, 0.05) is 34.5 Å². The van der Waals surface area contributed by atoms with Crippen LogP contribution in [0, 0.1) is 40.6 Å². The standard InChI is InChI=1S/C31H19F5N6O2/c32-24-9-12-26(27(33)14-24)30(43,18-42-19-39-40-41-42)31(35,36)28-13-8-21(16-38-28)5-4-20-6-10-25(11-7-20)44-17-23-3-1-2-22(15-37)29(23)34/h1-3,6-14,16,19,43H,17-18H2. The summed E-state index contributed by atoms with van der Waals surface area (Å²) in [6.45, 7) is -1.06. The van der Waals surface area contributed by atoms with Gasteiger partial charge in [0.15, 0.2) is 5.60 Å². The average Bonchev–Trinajstić information content (AvgIpc) is 3.53. The molecule has 44 heavy (non-hydrogen) atoms. The van der Waals surface area contributed by atoms with Crippen molar-refractivity contribution in [2.75, 3.05) is 0 Å². The van der Waals surface area contributed by atoms with Gasteiger partial charge in [0.05, 0.1) is 12.1 Å². The van der Waals surface area contributed by atoms with Crippen molar-refractivity contribution in [3.63, 3.8) is 0 Å². The summed E-state index contributed by atoms with van der Waals surface area (Å²) < 4.78 is 80.5. The molecule has 5 rings (SSSR count). The largest absolute Gasteiger partial charge is 0.489 e. The number of pyridine rings is 1. The molecule has 1 atom stereocenters. The Morgan fingerprint density at radius 3 is 2.34 bits per heavy atom. The van der Waals surface area contributed by atoms with E-state index in [1.807, 2.05) is 0 Å². The van der Waals surface area contributed by atoms with Crippen molar-refractivity contribution < 1.29 is 31.8 Å². The second-order valence-electron chi connectivity index (χ2n) is 9.45. The zero-order chi connectivity index (χ0) is 31.3. The number of ether oxygens (including phenoxy) is 1. The molecule has 0 bridgehead atoms. The number of hydrogen-bond acceptors (Lipinski definition) is 7. The van der Waals surface area contributed by atoms with Crippen molar-refractivity contribution >= 4 is 0 Å². The summed E-state index contributed by atoms with van der Waals surface area (Å²) in [5, 5.41) is 30.4. The van der Waals surface area contributed by atoms with E-state index < -0.39 is 46.8 Å². The number of alkyl halides is 2. The fourth-order valence-electron chi connectivity index (χ4n) is 4.25. The molecule has 0 radical (unpaired) electrons. The number of nitriles is 1. The van der Waals surface area contributed by atoms with Crippen LogP contribution in [0.4, 0.5) is 22.0 Å². The lowest BCUT2D eigenvalue weighted by Crippen LogP contribution is -2.48. The third-order valence-electron chi connectivity index (χ3n) is 6.56. The molecule has 5 aromatic rings. The maximum atomic E-state index is 15.9. The highest BCUT2D eigenvalue weighted by atomic mass is 19.3. The molecule has 0 amide bonds. The van der Waals surface area contributed by atoms with Crippen LogP contribution in [0.3, 0.4) is 0 Å². The molecule has 2 heterocycles. The Morgan fingerprint density at radius 1 is 0.932 bits per heavy atom. The van der Waals surface area contributed by atoms with E-state index in [1.165, 1.54) is 18.2 Å². The molecule has 13 heteroatoms. The van der Waals surface area contributed by atoms with Crippen LogP contribution in [-0.4, -0.2) is 30.3 Å². The molecule has 8 nitrogen and oxygen atoms in total. The van der Waals surface area contributed by atoms with Crippen LogP contribution in [0.1, 0.15) is 33.5 Å². The molecule has 220 valence electrons. The van der Waals surface area contributed by atoms with E-state index >= 15 is 8.78 Å². The normalized spacial score (nSPS) is 12.5. The molecule has 1 unspecified atom stereocenters. The summed E-state index contributed by atoms with van der Waals surface area (Å²) in [4.78, 5) is 3.78. The molecule has 0 saturated heterocycles. The van der Waals surface area contributed by atoms with Crippen LogP contribution >= 0.6 is 0 Å². The summed E-state index contributed by atoms with van der Waals surface area (Å²) in [5.41, 5.74) is -4.08. The number of benzene rings is 3. The average molecular weight is 603 g/mol. The van der Waals surface area contributed by atoms with Gasteiger partial charge < -0.3 is 9.84 Å². The van der Waals surface area contributed by atoms with Crippen LogP contribution in [0.2, 0.25) is 0 Å². The zero-order valence-corrected chi connectivity index (χ0v) is 22.4. The number of hydrogen-bond donors (Lipinski definition) is 1. The van der Waals surface area contributed by atoms with Gasteiger partial charge in [-0.1, -0.05) is 24.0 Å². The van der Waals surface area contributed by atoms with Crippen molar-refractivity contribution in [2.45, 2.75) is 24.7 Å². The van der Waals surface area contributed by atoms with Crippen molar-refractivity contribution in [3.8, 4) is 23.7 Å². The Hall–Kier alpha value is -5.66. The van der Waals surface area contributed by atoms with Gasteiger partial charge in [-0.15, -0.1) is 5.10 Å². The Balaban J connectivity index is 1.32. The van der Waals surface area contributed by atoms with Gasteiger partial charge in [0.25, 0.3) is 0 Å². The van der Waals surface area contributed by atoms with E-state index in [4.69, 9.17) is 10.00 Å². The van der Waals surface area contributed by atoms with Crippen molar-refractivity contribution in [2.24, 2.45) is 0 Å². The summed E-state index contributed by atoms with van der Waals surface area (Å²) in [7, 11) is 0. The second-order valence-corrected chi connectivity index (χ2v) is 9.45. The molecule has 0 saturated carbocycles. The summed E-state index contributed by atoms with van der Waals surface area (Å²) in [5.74, 6) is -1.18. The minimum Gasteiger partial charge on any atom is -0.489 e. The monoisotopic (exact) mass is 602 g/mol. The lowest BCUT2D eigenvalue weighted by molar-refractivity contribution is -0.207. The fourth-order valence-corrected chi connectivity index (χ4v) is 4.25. The van der Waals surface area contributed by atoms with E-state index in [1.54, 1.807) is 36.4 Å². The highest BCUT2D eigenvalue weighted by molar-refractivity contribution is 5.44. The maximum Gasteiger partial charge on any atom is 0.323 e. The highest BCUT2D eigenvalue weighted by Crippen LogP contribution is 2.46. The predicted octanol–water partition coefficient (Wildman–Crippen LogP) is 5.02. The first kappa shape index (κ1) is 29.8. The van der Waals surface area contributed by atoms with E-state index in [9.17, 15) is 18.3 Å². The van der Waals surface area contributed by atoms with Crippen LogP contribution in [0.5, 0.6) is 5.75 Å². The number of nitrogens with zero attached hydrogens (tertiary/aromatic N) is 6. The summed E-state index contributed by atoms with van der Waals surface area (Å²) >= 11 is 0. The summed E-state index contributed by atoms with van der Waals surface area (Å²) in [6.07, 6.45) is 2.03. The fraction of sp³-hybridized carbons (Fsp3) is 0.129. The quantitative estimate of drug-likeness (QED) is 0.196. The zero-order valence-electron chi connectivity index (χ0n) is 22.4. The predicted molar refractivity (Wildman–Crippen MR) is 144 cm³/mol. The third kappa shape index (κ3) is 6.09. The molecule has 0 spiro atoms. The smallest absolute Gasteiger partial charge is 0.323 e. The first-order chi connectivity index (χ1) is 21.1. The minimum absolute atomic E-state index is 0.0789. The first-order valence-electron chi connectivity index (χ1n) is 12.8. The molecule has 0 aliphatic heterocycles. The molecular weight excluding hydrogens is 583 g/mol. The Labute approximate surface area is 247 Å². The topological polar surface area (TPSA) is 110 Å². The number of halogens is 5. The van der Waals surface area contributed by atoms with Gasteiger partial charge in [-0.05, 0) is 65.0 Å². The first-order valence-corrected chi connectivity index (χ1v) is 12.8. The lowest BCUT2D eigenvalue weighted by atomic mass is 9.84. The molecule has 0 fully saturated rings. The van der Waals surface area contributed by atoms with Crippen LogP contribution < -0.4 is 4.74 Å². The van der Waals surface area contributed by atoms with Crippen LogP contribution in [-0.2, 0) is 24.7 Å². The second kappa shape index (κ2) is 12.3. The van der Waals surface area contributed by atoms with Gasteiger partial charge >= 0.3 is 5.92 Å². The van der Waals surface area contributed by atoms with Crippen molar-refractivity contribution in [1.29, 1.82) is 5.26 Å².